The number of nitrogens with two attached hydrogens (primary N) is 1. The Labute approximate surface area is 119 Å². The molecule has 0 saturated carbocycles. The van der Waals surface area contributed by atoms with Crippen molar-refractivity contribution in [2.45, 2.75) is 6.04 Å². The minimum Gasteiger partial charge on any atom is -0.496 e. The average molecular weight is 282 g/mol. The van der Waals surface area contributed by atoms with Gasteiger partial charge in [-0.2, -0.15) is 0 Å². The maximum atomic E-state index is 9.24. The molecule has 0 amide bonds. The summed E-state index contributed by atoms with van der Waals surface area (Å²) in [6.45, 7) is 2.87. The summed E-state index contributed by atoms with van der Waals surface area (Å²) < 4.78 is 16.2. The molecular formula is C14H22N2O4. The number of methoxy groups -OCH3 is 2. The lowest BCUT2D eigenvalue weighted by atomic mass is 10.0. The van der Waals surface area contributed by atoms with E-state index in [1.807, 2.05) is 12.1 Å². The Bertz CT molecular complexity index is 447. The number of anilines is 1. The molecule has 1 aliphatic rings. The average Bonchev–Trinajstić information content (AvgIpc) is 2.53. The predicted octanol–water partition coefficient (Wildman–Crippen LogP) is 0.533. The van der Waals surface area contributed by atoms with Crippen LogP contribution in [0.4, 0.5) is 5.69 Å². The van der Waals surface area contributed by atoms with Crippen LogP contribution < -0.4 is 20.1 Å². The SMILES string of the molecule is COc1cc(N2CCOCC2)c(OC)cc1[C@@H](N)CO. The molecule has 1 aromatic carbocycles. The number of morpholine rings is 1. The number of aliphatic hydroxyl groups is 1. The molecular weight excluding hydrogens is 260 g/mol. The molecule has 1 heterocycles. The third-order valence-corrected chi connectivity index (χ3v) is 3.48. The van der Waals surface area contributed by atoms with E-state index < -0.39 is 6.04 Å². The summed E-state index contributed by atoms with van der Waals surface area (Å²) >= 11 is 0. The van der Waals surface area contributed by atoms with Crippen LogP contribution in [0, 0.1) is 0 Å². The van der Waals surface area contributed by atoms with Crippen molar-refractivity contribution in [1.82, 2.24) is 0 Å². The van der Waals surface area contributed by atoms with E-state index in [-0.39, 0.29) is 6.61 Å². The van der Waals surface area contributed by atoms with Gasteiger partial charge in [-0.15, -0.1) is 0 Å². The Morgan fingerprint density at radius 1 is 1.25 bits per heavy atom. The topological polar surface area (TPSA) is 77.2 Å². The van der Waals surface area contributed by atoms with Crippen molar-refractivity contribution in [3.8, 4) is 11.5 Å². The summed E-state index contributed by atoms with van der Waals surface area (Å²) in [4.78, 5) is 2.19. The molecule has 1 saturated heterocycles. The highest BCUT2D eigenvalue weighted by atomic mass is 16.5. The fraction of sp³-hybridized carbons (Fsp3) is 0.571. The van der Waals surface area contributed by atoms with Crippen LogP contribution in [-0.2, 0) is 4.74 Å². The molecule has 1 aromatic rings. The maximum absolute atomic E-state index is 9.24. The smallest absolute Gasteiger partial charge is 0.142 e. The number of rotatable bonds is 5. The van der Waals surface area contributed by atoms with Gasteiger partial charge >= 0.3 is 0 Å². The molecule has 3 N–H and O–H groups in total. The zero-order valence-corrected chi connectivity index (χ0v) is 12.0. The second kappa shape index (κ2) is 6.78. The first kappa shape index (κ1) is 14.9. The first-order valence-electron chi connectivity index (χ1n) is 6.66. The second-order valence-electron chi connectivity index (χ2n) is 4.65. The Balaban J connectivity index is 2.40. The Hall–Kier alpha value is -1.50. The summed E-state index contributed by atoms with van der Waals surface area (Å²) in [6.07, 6.45) is 0. The minimum atomic E-state index is -0.488. The first-order chi connectivity index (χ1) is 9.71. The van der Waals surface area contributed by atoms with Gasteiger partial charge in [0, 0.05) is 24.7 Å². The van der Waals surface area contributed by atoms with Crippen LogP contribution in [0.2, 0.25) is 0 Å². The van der Waals surface area contributed by atoms with Gasteiger partial charge in [-0.3, -0.25) is 0 Å². The fourth-order valence-electron chi connectivity index (χ4n) is 2.34. The highest BCUT2D eigenvalue weighted by Gasteiger charge is 2.20. The lowest BCUT2D eigenvalue weighted by Gasteiger charge is -2.31. The molecule has 1 atom stereocenters. The van der Waals surface area contributed by atoms with E-state index in [2.05, 4.69) is 4.90 Å². The molecule has 1 fully saturated rings. The number of hydrogen-bond donors (Lipinski definition) is 2. The summed E-state index contributed by atoms with van der Waals surface area (Å²) in [5.41, 5.74) is 7.60. The van der Waals surface area contributed by atoms with Gasteiger partial charge in [0.1, 0.15) is 11.5 Å². The number of nitrogens with zero attached hydrogens (tertiary/aromatic N) is 1. The Kier molecular flexibility index (Phi) is 5.05. The standard InChI is InChI=1S/C14H22N2O4/c1-18-13-8-12(16-3-5-20-6-4-16)14(19-2)7-10(13)11(15)9-17/h7-8,11,17H,3-6,9,15H2,1-2H3/t11-/m0/s1. The van der Waals surface area contributed by atoms with Gasteiger partial charge in [0.15, 0.2) is 0 Å². The van der Waals surface area contributed by atoms with Crippen molar-refractivity contribution < 1.29 is 19.3 Å². The molecule has 0 spiro atoms. The van der Waals surface area contributed by atoms with Crippen molar-refractivity contribution in [3.05, 3.63) is 17.7 Å². The van der Waals surface area contributed by atoms with Crippen molar-refractivity contribution in [2.24, 2.45) is 5.73 Å². The molecule has 0 aromatic heterocycles. The van der Waals surface area contributed by atoms with Crippen LogP contribution in [0.3, 0.4) is 0 Å². The minimum absolute atomic E-state index is 0.142. The molecule has 0 bridgehead atoms. The van der Waals surface area contributed by atoms with Gasteiger partial charge < -0.3 is 30.0 Å². The normalized spacial score (nSPS) is 16.9. The van der Waals surface area contributed by atoms with Gasteiger partial charge in [-0.1, -0.05) is 0 Å². The molecule has 6 nitrogen and oxygen atoms in total. The van der Waals surface area contributed by atoms with E-state index >= 15 is 0 Å². The van der Waals surface area contributed by atoms with E-state index in [0.717, 1.165) is 30.1 Å². The number of ether oxygens (including phenoxy) is 3. The molecule has 112 valence electrons. The first-order valence-corrected chi connectivity index (χ1v) is 6.66. The zero-order valence-electron chi connectivity index (χ0n) is 12.0. The van der Waals surface area contributed by atoms with E-state index in [9.17, 15) is 5.11 Å². The molecule has 0 aliphatic carbocycles. The summed E-state index contributed by atoms with van der Waals surface area (Å²) in [5.74, 6) is 1.39. The zero-order chi connectivity index (χ0) is 14.5. The quantitative estimate of drug-likeness (QED) is 0.820. The van der Waals surface area contributed by atoms with Crippen LogP contribution in [-0.4, -0.2) is 52.2 Å². The number of aliphatic hydroxyl groups excluding tert-OH is 1. The van der Waals surface area contributed by atoms with Gasteiger partial charge in [-0.05, 0) is 6.07 Å². The highest BCUT2D eigenvalue weighted by Crippen LogP contribution is 2.37. The van der Waals surface area contributed by atoms with Crippen molar-refractivity contribution in [3.63, 3.8) is 0 Å². The van der Waals surface area contributed by atoms with Gasteiger partial charge in [0.05, 0.1) is 45.8 Å². The van der Waals surface area contributed by atoms with Crippen molar-refractivity contribution in [2.75, 3.05) is 52.0 Å². The highest BCUT2D eigenvalue weighted by molar-refractivity contribution is 5.64. The monoisotopic (exact) mass is 282 g/mol. The van der Waals surface area contributed by atoms with Crippen LogP contribution in [0.15, 0.2) is 12.1 Å². The van der Waals surface area contributed by atoms with Crippen LogP contribution >= 0.6 is 0 Å². The lowest BCUT2D eigenvalue weighted by Crippen LogP contribution is -2.36. The molecule has 0 unspecified atom stereocenters. The summed E-state index contributed by atoms with van der Waals surface area (Å²) in [7, 11) is 3.22. The van der Waals surface area contributed by atoms with Crippen molar-refractivity contribution >= 4 is 5.69 Å². The predicted molar refractivity (Wildman–Crippen MR) is 76.6 cm³/mol. The van der Waals surface area contributed by atoms with E-state index in [1.165, 1.54) is 0 Å². The Morgan fingerprint density at radius 3 is 2.45 bits per heavy atom. The van der Waals surface area contributed by atoms with E-state index in [0.29, 0.717) is 19.0 Å². The molecule has 6 heteroatoms. The lowest BCUT2D eigenvalue weighted by molar-refractivity contribution is 0.122. The van der Waals surface area contributed by atoms with E-state index in [4.69, 9.17) is 19.9 Å². The van der Waals surface area contributed by atoms with Crippen LogP contribution in [0.25, 0.3) is 0 Å². The molecule has 1 aliphatic heterocycles. The molecule has 0 radical (unpaired) electrons. The van der Waals surface area contributed by atoms with E-state index in [1.54, 1.807) is 14.2 Å². The van der Waals surface area contributed by atoms with Crippen LogP contribution in [0.5, 0.6) is 11.5 Å². The third kappa shape index (κ3) is 2.98. The summed E-state index contributed by atoms with van der Waals surface area (Å²) in [5, 5.41) is 9.24. The van der Waals surface area contributed by atoms with Crippen LogP contribution in [0.1, 0.15) is 11.6 Å². The molecule has 20 heavy (non-hydrogen) atoms. The number of hydrogen-bond acceptors (Lipinski definition) is 6. The largest absolute Gasteiger partial charge is 0.496 e. The van der Waals surface area contributed by atoms with Gasteiger partial charge in [-0.25, -0.2) is 0 Å². The van der Waals surface area contributed by atoms with Gasteiger partial charge in [0.2, 0.25) is 0 Å². The molecule has 2 rings (SSSR count). The second-order valence-corrected chi connectivity index (χ2v) is 4.65. The maximum Gasteiger partial charge on any atom is 0.142 e. The third-order valence-electron chi connectivity index (χ3n) is 3.48. The van der Waals surface area contributed by atoms with Crippen molar-refractivity contribution in [1.29, 1.82) is 0 Å². The van der Waals surface area contributed by atoms with Gasteiger partial charge in [0.25, 0.3) is 0 Å². The number of benzene rings is 1. The summed E-state index contributed by atoms with van der Waals surface area (Å²) in [6, 6.07) is 3.26. The fourth-order valence-corrected chi connectivity index (χ4v) is 2.34. The Morgan fingerprint density at radius 2 is 1.90 bits per heavy atom.